The Hall–Kier alpha value is -0.960. The minimum atomic E-state index is -3.41. The Bertz CT molecular complexity index is 592. The molecule has 0 atom stereocenters. The van der Waals surface area contributed by atoms with Crippen molar-refractivity contribution in [2.45, 2.75) is 36.3 Å². The normalized spacial score (nSPS) is 16.6. The highest BCUT2D eigenvalue weighted by atomic mass is 32.2. The quantitative estimate of drug-likeness (QED) is 0.720. The van der Waals surface area contributed by atoms with E-state index in [-0.39, 0.29) is 18.9 Å². The average Bonchev–Trinajstić information content (AvgIpc) is 2.97. The largest absolute Gasteiger partial charge is 0.396 e. The summed E-state index contributed by atoms with van der Waals surface area (Å²) in [7, 11) is -3.41. The van der Waals surface area contributed by atoms with Gasteiger partial charge in [-0.05, 0) is 31.4 Å². The van der Waals surface area contributed by atoms with Crippen molar-refractivity contribution in [3.05, 3.63) is 17.0 Å². The van der Waals surface area contributed by atoms with Crippen LogP contribution in [0.25, 0.3) is 0 Å². The molecule has 1 aliphatic heterocycles. The third kappa shape index (κ3) is 4.52. The molecule has 1 fully saturated rings. The maximum Gasteiger partial charge on any atom is 0.252 e. The summed E-state index contributed by atoms with van der Waals surface area (Å²) in [5, 5.41) is 11.4. The van der Waals surface area contributed by atoms with Crippen LogP contribution >= 0.6 is 11.3 Å². The topological polar surface area (TPSA) is 86.7 Å². The van der Waals surface area contributed by atoms with Gasteiger partial charge in [0, 0.05) is 31.1 Å². The summed E-state index contributed by atoms with van der Waals surface area (Å²) in [6.07, 6.45) is 3.58. The third-order valence-electron chi connectivity index (χ3n) is 3.54. The van der Waals surface area contributed by atoms with E-state index in [0.29, 0.717) is 30.3 Å². The lowest BCUT2D eigenvalue weighted by Crippen LogP contribution is -2.35. The summed E-state index contributed by atoms with van der Waals surface area (Å²) in [5.74, 6) is -0.155. The van der Waals surface area contributed by atoms with Gasteiger partial charge < -0.3 is 10.4 Å². The zero-order valence-electron chi connectivity index (χ0n) is 12.5. The Labute approximate surface area is 135 Å². The molecule has 22 heavy (non-hydrogen) atoms. The van der Waals surface area contributed by atoms with Crippen molar-refractivity contribution in [2.75, 3.05) is 26.2 Å². The molecule has 1 aromatic heterocycles. The van der Waals surface area contributed by atoms with Crippen LogP contribution in [0.1, 0.15) is 30.6 Å². The van der Waals surface area contributed by atoms with Crippen molar-refractivity contribution in [2.24, 2.45) is 0 Å². The van der Waals surface area contributed by atoms with Gasteiger partial charge in [-0.3, -0.25) is 4.79 Å². The molecule has 0 aliphatic carbocycles. The van der Waals surface area contributed by atoms with Crippen LogP contribution in [0.15, 0.2) is 16.3 Å². The first-order chi connectivity index (χ1) is 10.5. The zero-order valence-corrected chi connectivity index (χ0v) is 14.1. The van der Waals surface area contributed by atoms with E-state index in [2.05, 4.69) is 5.32 Å². The van der Waals surface area contributed by atoms with Crippen molar-refractivity contribution < 1.29 is 18.3 Å². The lowest BCUT2D eigenvalue weighted by molar-refractivity contribution is -0.120. The molecule has 0 bridgehead atoms. The third-order valence-corrected chi connectivity index (χ3v) is 6.99. The minimum Gasteiger partial charge on any atom is -0.396 e. The predicted molar refractivity (Wildman–Crippen MR) is 85.3 cm³/mol. The highest BCUT2D eigenvalue weighted by Crippen LogP contribution is 2.27. The molecule has 0 unspecified atom stereocenters. The number of nitrogens with zero attached hydrogens (tertiary/aromatic N) is 1. The van der Waals surface area contributed by atoms with Crippen LogP contribution in [-0.2, 0) is 21.2 Å². The smallest absolute Gasteiger partial charge is 0.252 e. The first kappa shape index (κ1) is 17.4. The number of aliphatic hydroxyl groups is 1. The first-order valence-electron chi connectivity index (χ1n) is 7.50. The monoisotopic (exact) mass is 346 g/mol. The number of rotatable bonds is 7. The number of carbonyl (C=O) groups is 1. The van der Waals surface area contributed by atoms with E-state index < -0.39 is 10.0 Å². The van der Waals surface area contributed by atoms with Gasteiger partial charge in [-0.15, -0.1) is 11.3 Å². The van der Waals surface area contributed by atoms with Crippen molar-refractivity contribution in [3.8, 4) is 0 Å². The van der Waals surface area contributed by atoms with E-state index in [0.717, 1.165) is 35.5 Å². The molecular formula is C14H22N2O4S2. The molecule has 1 amide bonds. The van der Waals surface area contributed by atoms with Crippen molar-refractivity contribution in [3.63, 3.8) is 0 Å². The van der Waals surface area contributed by atoms with Crippen LogP contribution in [0.4, 0.5) is 0 Å². The van der Waals surface area contributed by atoms with E-state index in [1.807, 2.05) is 0 Å². The van der Waals surface area contributed by atoms with Crippen LogP contribution in [0.3, 0.4) is 0 Å². The fraction of sp³-hybridized carbons (Fsp3) is 0.643. The molecule has 1 aromatic rings. The van der Waals surface area contributed by atoms with Gasteiger partial charge in [0.25, 0.3) is 10.0 Å². The molecule has 0 saturated carbocycles. The maximum atomic E-state index is 12.5. The van der Waals surface area contributed by atoms with Crippen LogP contribution in [-0.4, -0.2) is 50.0 Å². The zero-order chi connectivity index (χ0) is 16.0. The molecular weight excluding hydrogens is 324 g/mol. The number of hydrogen-bond acceptors (Lipinski definition) is 5. The number of piperidine rings is 1. The standard InChI is InChI=1S/C14H22N2O4S2/c17-10-4-7-15-13(18)11-12-5-6-14(21-12)22(19,20)16-8-2-1-3-9-16/h5-6,17H,1-4,7-11H2,(H,15,18). The Morgan fingerprint density at radius 3 is 2.68 bits per heavy atom. The molecule has 124 valence electrons. The van der Waals surface area contributed by atoms with Gasteiger partial charge in [-0.1, -0.05) is 6.42 Å². The summed E-state index contributed by atoms with van der Waals surface area (Å²) >= 11 is 1.16. The molecule has 0 aromatic carbocycles. The fourth-order valence-corrected chi connectivity index (χ4v) is 5.38. The number of thiophene rings is 1. The van der Waals surface area contributed by atoms with Gasteiger partial charge in [0.05, 0.1) is 6.42 Å². The maximum absolute atomic E-state index is 12.5. The number of carbonyl (C=O) groups excluding carboxylic acids is 1. The molecule has 2 heterocycles. The lowest BCUT2D eigenvalue weighted by atomic mass is 10.2. The van der Waals surface area contributed by atoms with E-state index in [9.17, 15) is 13.2 Å². The summed E-state index contributed by atoms with van der Waals surface area (Å²) < 4.78 is 26.9. The van der Waals surface area contributed by atoms with Crippen molar-refractivity contribution >= 4 is 27.3 Å². The molecule has 0 spiro atoms. The van der Waals surface area contributed by atoms with Gasteiger partial charge >= 0.3 is 0 Å². The number of hydrogen-bond donors (Lipinski definition) is 2. The number of nitrogens with one attached hydrogen (secondary N) is 1. The van der Waals surface area contributed by atoms with Crippen LogP contribution < -0.4 is 5.32 Å². The van der Waals surface area contributed by atoms with E-state index in [1.165, 1.54) is 4.31 Å². The lowest BCUT2D eigenvalue weighted by Gasteiger charge is -2.25. The Morgan fingerprint density at radius 1 is 1.27 bits per heavy atom. The molecule has 6 nitrogen and oxygen atoms in total. The van der Waals surface area contributed by atoms with Crippen molar-refractivity contribution in [1.82, 2.24) is 9.62 Å². The molecule has 1 saturated heterocycles. The number of sulfonamides is 1. The Kier molecular flexibility index (Phi) is 6.37. The summed E-state index contributed by atoms with van der Waals surface area (Å²) in [6, 6.07) is 3.29. The molecule has 2 N–H and O–H groups in total. The molecule has 8 heteroatoms. The van der Waals surface area contributed by atoms with Gasteiger partial charge in [-0.25, -0.2) is 8.42 Å². The number of aliphatic hydroxyl groups excluding tert-OH is 1. The van der Waals surface area contributed by atoms with Gasteiger partial charge in [0.2, 0.25) is 5.91 Å². The van der Waals surface area contributed by atoms with E-state index in [1.54, 1.807) is 12.1 Å². The molecule has 0 radical (unpaired) electrons. The molecule has 2 rings (SSSR count). The number of amides is 1. The van der Waals surface area contributed by atoms with E-state index >= 15 is 0 Å². The highest BCUT2D eigenvalue weighted by Gasteiger charge is 2.27. The van der Waals surface area contributed by atoms with Crippen molar-refractivity contribution in [1.29, 1.82) is 0 Å². The van der Waals surface area contributed by atoms with Gasteiger partial charge in [0.1, 0.15) is 4.21 Å². The second-order valence-electron chi connectivity index (χ2n) is 5.29. The Morgan fingerprint density at radius 2 is 2.00 bits per heavy atom. The second-order valence-corrected chi connectivity index (χ2v) is 8.62. The van der Waals surface area contributed by atoms with Crippen LogP contribution in [0.5, 0.6) is 0 Å². The van der Waals surface area contributed by atoms with Crippen LogP contribution in [0, 0.1) is 0 Å². The minimum absolute atomic E-state index is 0.0392. The van der Waals surface area contributed by atoms with Gasteiger partial charge in [0.15, 0.2) is 0 Å². The average molecular weight is 346 g/mol. The highest BCUT2D eigenvalue weighted by molar-refractivity contribution is 7.91. The summed E-state index contributed by atoms with van der Waals surface area (Å²) in [6.45, 7) is 1.63. The summed E-state index contributed by atoms with van der Waals surface area (Å²) in [5.41, 5.74) is 0. The molecule has 1 aliphatic rings. The SMILES string of the molecule is O=C(Cc1ccc(S(=O)(=O)N2CCCCC2)s1)NCCCO. The fourth-order valence-electron chi connectivity index (χ4n) is 2.35. The summed E-state index contributed by atoms with van der Waals surface area (Å²) in [4.78, 5) is 12.4. The van der Waals surface area contributed by atoms with E-state index in [4.69, 9.17) is 5.11 Å². The first-order valence-corrected chi connectivity index (χ1v) is 9.76. The van der Waals surface area contributed by atoms with Crippen LogP contribution in [0.2, 0.25) is 0 Å². The predicted octanol–water partition coefficient (Wildman–Crippen LogP) is 0.964. The Balaban J connectivity index is 1.96. The second kappa shape index (κ2) is 8.05. The van der Waals surface area contributed by atoms with Gasteiger partial charge in [-0.2, -0.15) is 4.31 Å².